The first-order valence-electron chi connectivity index (χ1n) is 8.92. The van der Waals surface area contributed by atoms with Crippen molar-refractivity contribution < 1.29 is 29.0 Å². The Morgan fingerprint density at radius 2 is 1.96 bits per heavy atom. The van der Waals surface area contributed by atoms with Gasteiger partial charge in [-0.15, -0.1) is 0 Å². The van der Waals surface area contributed by atoms with Crippen LogP contribution in [-0.4, -0.2) is 41.4 Å². The van der Waals surface area contributed by atoms with Crippen LogP contribution in [0.25, 0.3) is 0 Å². The van der Waals surface area contributed by atoms with E-state index in [0.29, 0.717) is 48.8 Å². The fourth-order valence-corrected chi connectivity index (χ4v) is 5.00. The lowest BCUT2D eigenvalue weighted by atomic mass is 10.00. The van der Waals surface area contributed by atoms with Crippen molar-refractivity contribution >= 4 is 29.4 Å². The molecular weight excluding hydrogens is 384 g/mol. The topological polar surface area (TPSA) is 127 Å². The number of aromatic nitrogens is 1. The highest BCUT2D eigenvalue weighted by atomic mass is 32.2. The fraction of sp³-hybridized carbons (Fsp3) is 0.389. The number of nitrogens with zero attached hydrogens (tertiary/aromatic N) is 1. The third-order valence-corrected chi connectivity index (χ3v) is 6.00. The average Bonchev–Trinajstić information content (AvgIpc) is 3.04. The zero-order chi connectivity index (χ0) is 19.7. The molecule has 28 heavy (non-hydrogen) atoms. The van der Waals surface area contributed by atoms with Crippen LogP contribution in [0.3, 0.4) is 0 Å². The van der Waals surface area contributed by atoms with Gasteiger partial charge in [0.2, 0.25) is 12.4 Å². The maximum Gasteiger partial charge on any atom is 0.324 e. The van der Waals surface area contributed by atoms with E-state index in [2.05, 4.69) is 10.6 Å². The summed E-state index contributed by atoms with van der Waals surface area (Å²) >= 11 is 1.36. The van der Waals surface area contributed by atoms with Crippen molar-refractivity contribution in [1.82, 2.24) is 5.32 Å². The number of hydrogen-bond acceptors (Lipinski definition) is 6. The first-order chi connectivity index (χ1) is 13.4. The summed E-state index contributed by atoms with van der Waals surface area (Å²) in [6.45, 7) is 1.11. The van der Waals surface area contributed by atoms with Crippen molar-refractivity contribution in [3.63, 3.8) is 0 Å². The van der Waals surface area contributed by atoms with Crippen LogP contribution >= 0.6 is 11.8 Å². The molecule has 1 aromatic rings. The minimum Gasteiger partial charge on any atom is -0.366 e. The number of pyridine rings is 1. The molecule has 1 atom stereocenters. The predicted octanol–water partition coefficient (Wildman–Crippen LogP) is 0.999. The summed E-state index contributed by atoms with van der Waals surface area (Å²) in [5.41, 5.74) is 7.25. The Bertz CT molecular complexity index is 861. The largest absolute Gasteiger partial charge is 0.366 e. The highest BCUT2D eigenvalue weighted by Crippen LogP contribution is 2.45. The van der Waals surface area contributed by atoms with Gasteiger partial charge in [0.1, 0.15) is 0 Å². The third kappa shape index (κ3) is 3.84. The molecule has 148 valence electrons. The number of carbonyl (C=O) groups is 2. The number of carbonyl (C=O) groups excluding carboxylic acids is 2. The Morgan fingerprint density at radius 3 is 2.64 bits per heavy atom. The summed E-state index contributed by atoms with van der Waals surface area (Å²) in [5, 5.41) is 15.1. The molecule has 0 radical (unpaired) electrons. The number of ether oxygens (including phenoxy) is 2. The van der Waals surface area contributed by atoms with E-state index in [0.717, 1.165) is 10.3 Å². The first kappa shape index (κ1) is 18.8. The summed E-state index contributed by atoms with van der Waals surface area (Å²) in [5.74, 6) is -1.22. The SMILES string of the molecule is NC(=O)C1=C(NC(=O)Nc2cc[n+](O)cc2)SC2C=C1CCC1(C2)OCCO1. The maximum atomic E-state index is 12.4. The van der Waals surface area contributed by atoms with Crippen molar-refractivity contribution in [3.05, 3.63) is 46.8 Å². The molecule has 1 aromatic heterocycles. The summed E-state index contributed by atoms with van der Waals surface area (Å²) in [6, 6.07) is 2.58. The van der Waals surface area contributed by atoms with Crippen LogP contribution in [0.5, 0.6) is 0 Å². The Balaban J connectivity index is 1.52. The van der Waals surface area contributed by atoms with Crippen LogP contribution in [0, 0.1) is 0 Å². The number of nitrogens with two attached hydrogens (primary N) is 1. The number of urea groups is 1. The highest BCUT2D eigenvalue weighted by molar-refractivity contribution is 8.03. The minimum atomic E-state index is -0.639. The molecule has 1 saturated heterocycles. The normalized spacial score (nSPS) is 23.1. The van der Waals surface area contributed by atoms with E-state index in [1.54, 1.807) is 0 Å². The molecule has 1 unspecified atom stereocenters. The second kappa shape index (κ2) is 7.46. The number of amides is 3. The average molecular weight is 405 g/mol. The summed E-state index contributed by atoms with van der Waals surface area (Å²) in [4.78, 5) is 24.5. The Kier molecular flexibility index (Phi) is 5.00. The monoisotopic (exact) mass is 405 g/mol. The molecule has 3 aliphatic rings. The van der Waals surface area contributed by atoms with Crippen molar-refractivity contribution in [1.29, 1.82) is 0 Å². The highest BCUT2D eigenvalue weighted by Gasteiger charge is 2.43. The molecule has 5 N–H and O–H groups in total. The molecule has 1 spiro atoms. The van der Waals surface area contributed by atoms with Gasteiger partial charge < -0.3 is 25.8 Å². The zero-order valence-electron chi connectivity index (χ0n) is 15.0. The van der Waals surface area contributed by atoms with Gasteiger partial charge >= 0.3 is 6.03 Å². The van der Waals surface area contributed by atoms with Crippen LogP contribution in [0.4, 0.5) is 10.5 Å². The number of primary amides is 1. The van der Waals surface area contributed by atoms with Crippen LogP contribution in [0.1, 0.15) is 19.3 Å². The van der Waals surface area contributed by atoms with Crippen LogP contribution in [0.2, 0.25) is 0 Å². The molecule has 2 aliphatic heterocycles. The third-order valence-electron chi connectivity index (χ3n) is 4.85. The van der Waals surface area contributed by atoms with Crippen molar-refractivity contribution in [2.45, 2.75) is 30.3 Å². The lowest BCUT2D eigenvalue weighted by Gasteiger charge is -2.28. The van der Waals surface area contributed by atoms with Gasteiger partial charge in [-0.2, -0.15) is 0 Å². The summed E-state index contributed by atoms with van der Waals surface area (Å²) < 4.78 is 12.6. The van der Waals surface area contributed by atoms with Crippen molar-refractivity contribution in [2.24, 2.45) is 5.73 Å². The van der Waals surface area contributed by atoms with E-state index < -0.39 is 17.7 Å². The molecule has 2 bridgehead atoms. The molecular formula is C18H21N4O5S+. The van der Waals surface area contributed by atoms with E-state index in [4.69, 9.17) is 15.2 Å². The molecule has 9 nitrogen and oxygen atoms in total. The first-order valence-corrected chi connectivity index (χ1v) is 9.80. The van der Waals surface area contributed by atoms with Crippen LogP contribution in [-0.2, 0) is 14.3 Å². The molecule has 1 fully saturated rings. The molecule has 0 aromatic carbocycles. The summed E-state index contributed by atoms with van der Waals surface area (Å²) in [6.07, 6.45) is 6.65. The van der Waals surface area contributed by atoms with Gasteiger partial charge in [0, 0.05) is 35.0 Å². The smallest absolute Gasteiger partial charge is 0.324 e. The van der Waals surface area contributed by atoms with Crippen LogP contribution < -0.4 is 21.1 Å². The maximum absolute atomic E-state index is 12.4. The van der Waals surface area contributed by atoms with Gasteiger partial charge in [-0.1, -0.05) is 17.8 Å². The number of hydrogen-bond donors (Lipinski definition) is 4. The van der Waals surface area contributed by atoms with Crippen molar-refractivity contribution in [2.75, 3.05) is 18.5 Å². The molecule has 1 aliphatic carbocycles. The number of rotatable bonds is 3. The fourth-order valence-electron chi connectivity index (χ4n) is 3.63. The molecule has 4 rings (SSSR count). The van der Waals surface area contributed by atoms with Gasteiger partial charge in [-0.25, -0.2) is 4.79 Å². The lowest BCUT2D eigenvalue weighted by Crippen LogP contribution is -2.34. The van der Waals surface area contributed by atoms with Gasteiger partial charge in [-0.3, -0.25) is 10.0 Å². The number of nitrogens with one attached hydrogen (secondary N) is 2. The lowest BCUT2D eigenvalue weighted by molar-refractivity contribution is -0.904. The van der Waals surface area contributed by atoms with E-state index in [9.17, 15) is 14.8 Å². The number of thioether (sulfide) groups is 1. The molecule has 10 heteroatoms. The Hall–Kier alpha value is -2.56. The van der Waals surface area contributed by atoms with Gasteiger partial charge in [0.05, 0.1) is 29.5 Å². The predicted molar refractivity (Wildman–Crippen MR) is 100 cm³/mol. The van der Waals surface area contributed by atoms with E-state index >= 15 is 0 Å². The van der Waals surface area contributed by atoms with Gasteiger partial charge in [0.15, 0.2) is 5.79 Å². The van der Waals surface area contributed by atoms with E-state index in [1.807, 2.05) is 6.08 Å². The van der Waals surface area contributed by atoms with Crippen LogP contribution in [0.15, 0.2) is 46.8 Å². The standard InChI is InChI=1S/C18H20N4O5S/c19-15(23)14-11-1-4-18(26-7-8-27-18)10-13(9-11)28-16(14)21-17(24)20-12-2-5-22(25)6-3-12/h2-3,5-6,9,13,25H,1,4,7-8,10H2,(H3,19,21,23,24)/p+1. The molecule has 0 saturated carbocycles. The quantitative estimate of drug-likeness (QED) is 0.439. The summed E-state index contributed by atoms with van der Waals surface area (Å²) in [7, 11) is 0. The zero-order valence-corrected chi connectivity index (χ0v) is 15.8. The Morgan fingerprint density at radius 1 is 1.25 bits per heavy atom. The molecule has 3 amide bonds. The second-order valence-corrected chi connectivity index (χ2v) is 8.02. The Labute approximate surface area is 165 Å². The van der Waals surface area contributed by atoms with Gasteiger partial charge in [0.25, 0.3) is 5.91 Å². The van der Waals surface area contributed by atoms with Gasteiger partial charge in [-0.05, 0) is 12.0 Å². The van der Waals surface area contributed by atoms with E-state index in [1.165, 1.54) is 36.3 Å². The number of fused-ring (bicyclic) bond motifs is 1. The minimum absolute atomic E-state index is 0.000859. The van der Waals surface area contributed by atoms with Crippen molar-refractivity contribution in [3.8, 4) is 0 Å². The second-order valence-electron chi connectivity index (χ2n) is 6.77. The number of anilines is 1. The molecule has 3 heterocycles. The van der Waals surface area contributed by atoms with E-state index in [-0.39, 0.29) is 5.25 Å².